The van der Waals surface area contributed by atoms with Crippen LogP contribution in [0.3, 0.4) is 0 Å². The zero-order valence-corrected chi connectivity index (χ0v) is 14.9. The van der Waals surface area contributed by atoms with Gasteiger partial charge in [-0.3, -0.25) is 4.99 Å². The number of nitrogens with zero attached hydrogens (tertiary/aromatic N) is 1. The van der Waals surface area contributed by atoms with Crippen molar-refractivity contribution in [3.05, 3.63) is 24.8 Å². The van der Waals surface area contributed by atoms with E-state index in [0.717, 1.165) is 7.14 Å². The van der Waals surface area contributed by atoms with Crippen LogP contribution in [0, 0.1) is 12.6 Å². The molecule has 0 saturated carbocycles. The summed E-state index contributed by atoms with van der Waals surface area (Å²) in [6.45, 7) is 6.10. The van der Waals surface area contributed by atoms with Crippen LogP contribution >= 0.6 is 45.2 Å². The van der Waals surface area contributed by atoms with E-state index in [1.165, 1.54) is 0 Å². The van der Waals surface area contributed by atoms with Gasteiger partial charge in [0.2, 0.25) is 0 Å². The predicted molar refractivity (Wildman–Crippen MR) is 91.5 cm³/mol. The van der Waals surface area contributed by atoms with Gasteiger partial charge < -0.3 is 10.2 Å². The van der Waals surface area contributed by atoms with E-state index in [4.69, 9.17) is 0 Å². The Balaban J connectivity index is 3.04. The molecule has 0 radical (unpaired) electrons. The maximum atomic E-state index is 9.95. The first-order chi connectivity index (χ1) is 8.25. The van der Waals surface area contributed by atoms with Gasteiger partial charge in [0.1, 0.15) is 5.75 Å². The van der Waals surface area contributed by atoms with E-state index in [-0.39, 0.29) is 23.8 Å². The van der Waals surface area contributed by atoms with Crippen LogP contribution in [0.25, 0.3) is 0 Å². The number of aliphatic imine (C=N–C) groups is 1. The molecule has 0 bridgehead atoms. The summed E-state index contributed by atoms with van der Waals surface area (Å²) in [5.74, 6) is 0.241. The van der Waals surface area contributed by atoms with Crippen LogP contribution in [-0.2, 0) is 0 Å². The van der Waals surface area contributed by atoms with Crippen LogP contribution in [0.5, 0.6) is 5.75 Å². The van der Waals surface area contributed by atoms with E-state index >= 15 is 0 Å². The molecule has 18 heavy (non-hydrogen) atoms. The van der Waals surface area contributed by atoms with Gasteiger partial charge >= 0.3 is 0 Å². The Bertz CT molecular complexity index is 453. The molecule has 0 amide bonds. The maximum absolute atomic E-state index is 9.95. The lowest BCUT2D eigenvalue weighted by molar-refractivity contribution is 0.191. The first-order valence-corrected chi connectivity index (χ1v) is 7.73. The molecule has 1 aromatic rings. The second kappa shape index (κ2) is 6.51. The fraction of sp³-hybridized carbons (Fsp3) is 0.462. The van der Waals surface area contributed by atoms with Gasteiger partial charge in [0, 0.05) is 15.3 Å². The molecule has 0 aliphatic rings. The number of aliphatic hydroxyl groups excluding tert-OH is 1. The van der Waals surface area contributed by atoms with Crippen molar-refractivity contribution < 1.29 is 10.2 Å². The number of aliphatic hydroxyl groups is 1. The lowest BCUT2D eigenvalue weighted by atomic mass is 9.88. The van der Waals surface area contributed by atoms with Gasteiger partial charge in [0.05, 0.1) is 16.2 Å². The van der Waals surface area contributed by atoms with E-state index in [1.807, 2.05) is 32.9 Å². The van der Waals surface area contributed by atoms with E-state index in [2.05, 4.69) is 50.2 Å². The van der Waals surface area contributed by atoms with E-state index < -0.39 is 0 Å². The smallest absolute Gasteiger partial charge is 0.137 e. The van der Waals surface area contributed by atoms with E-state index in [0.29, 0.717) is 5.56 Å². The van der Waals surface area contributed by atoms with Gasteiger partial charge in [0.15, 0.2) is 0 Å². The molecule has 100 valence electrons. The van der Waals surface area contributed by atoms with Crippen LogP contribution in [0.4, 0.5) is 0 Å². The number of halogens is 2. The van der Waals surface area contributed by atoms with Crippen LogP contribution in [0.1, 0.15) is 26.3 Å². The highest BCUT2D eigenvalue weighted by atomic mass is 127. The topological polar surface area (TPSA) is 52.8 Å². The van der Waals surface area contributed by atoms with Crippen LogP contribution in [0.15, 0.2) is 17.1 Å². The molecule has 3 nitrogen and oxygen atoms in total. The molecule has 0 heterocycles. The highest BCUT2D eigenvalue weighted by Gasteiger charge is 2.22. The van der Waals surface area contributed by atoms with E-state index in [9.17, 15) is 10.2 Å². The number of rotatable bonds is 3. The molecule has 0 aliphatic carbocycles. The molecule has 0 saturated heterocycles. The normalized spacial score (nSPS) is 14.1. The first kappa shape index (κ1) is 16.2. The zero-order valence-electron chi connectivity index (χ0n) is 10.6. The molecule has 0 spiro atoms. The highest BCUT2D eigenvalue weighted by Crippen LogP contribution is 2.27. The SMILES string of the molecule is CC(C)(C)[C@H](CO)N=Cc1cc(I)cc(I)c1O. The Morgan fingerprint density at radius 1 is 1.33 bits per heavy atom. The standard InChI is InChI=1S/C13H17I2NO2/c1-13(2,3)11(7-17)16-6-8-4-9(14)5-10(15)12(8)18/h4-6,11,17-18H,7H2,1-3H3/t11-/m0/s1. The summed E-state index contributed by atoms with van der Waals surface area (Å²) in [6.07, 6.45) is 1.64. The van der Waals surface area contributed by atoms with Crippen molar-refractivity contribution in [2.75, 3.05) is 6.61 Å². The Hall–Kier alpha value is 0.110. The quantitative estimate of drug-likeness (QED) is 0.523. The van der Waals surface area contributed by atoms with Gasteiger partial charge in [-0.25, -0.2) is 0 Å². The largest absolute Gasteiger partial charge is 0.506 e. The molecule has 0 unspecified atom stereocenters. The van der Waals surface area contributed by atoms with Crippen molar-refractivity contribution in [1.82, 2.24) is 0 Å². The number of hydrogen-bond donors (Lipinski definition) is 2. The molecule has 5 heteroatoms. The minimum absolute atomic E-state index is 0.00177. The highest BCUT2D eigenvalue weighted by molar-refractivity contribution is 14.1. The summed E-state index contributed by atoms with van der Waals surface area (Å²) in [7, 11) is 0. The monoisotopic (exact) mass is 473 g/mol. The fourth-order valence-corrected chi connectivity index (χ4v) is 3.29. The van der Waals surface area contributed by atoms with Gasteiger partial charge in [-0.15, -0.1) is 0 Å². The predicted octanol–water partition coefficient (Wildman–Crippen LogP) is 3.43. The number of aromatic hydroxyl groups is 1. The molecule has 1 aromatic carbocycles. The average Bonchev–Trinajstić information content (AvgIpc) is 2.23. The Morgan fingerprint density at radius 3 is 2.44 bits per heavy atom. The molecule has 0 aliphatic heterocycles. The number of phenols is 1. The number of hydrogen-bond acceptors (Lipinski definition) is 3. The second-order valence-corrected chi connectivity index (χ2v) is 7.58. The summed E-state index contributed by atoms with van der Waals surface area (Å²) < 4.78 is 1.85. The van der Waals surface area contributed by atoms with Crippen molar-refractivity contribution in [2.45, 2.75) is 26.8 Å². The molecule has 1 rings (SSSR count). The lowest BCUT2D eigenvalue weighted by Crippen LogP contribution is -2.28. The third-order valence-electron chi connectivity index (χ3n) is 2.62. The Kier molecular flexibility index (Phi) is 5.85. The molecular formula is C13H17I2NO2. The number of benzene rings is 1. The minimum atomic E-state index is -0.174. The molecule has 2 N–H and O–H groups in total. The molecule has 1 atom stereocenters. The summed E-state index contributed by atoms with van der Waals surface area (Å²) in [4.78, 5) is 4.39. The summed E-state index contributed by atoms with van der Waals surface area (Å²) in [6, 6.07) is 3.60. The van der Waals surface area contributed by atoms with Gasteiger partial charge in [0.25, 0.3) is 0 Å². The van der Waals surface area contributed by atoms with Crippen LogP contribution in [0.2, 0.25) is 0 Å². The molecular weight excluding hydrogens is 456 g/mol. The number of phenolic OH excluding ortho intramolecular Hbond substituents is 1. The van der Waals surface area contributed by atoms with Crippen LogP contribution in [-0.4, -0.2) is 29.1 Å². The van der Waals surface area contributed by atoms with Gasteiger partial charge in [-0.2, -0.15) is 0 Å². The lowest BCUT2D eigenvalue weighted by Gasteiger charge is -2.25. The van der Waals surface area contributed by atoms with Crippen molar-refractivity contribution in [2.24, 2.45) is 10.4 Å². The third kappa shape index (κ3) is 4.34. The van der Waals surface area contributed by atoms with Crippen LogP contribution < -0.4 is 0 Å². The van der Waals surface area contributed by atoms with Crippen molar-refractivity contribution in [3.8, 4) is 5.75 Å². The van der Waals surface area contributed by atoms with Gasteiger partial charge in [-0.05, 0) is 62.7 Å². The van der Waals surface area contributed by atoms with E-state index in [1.54, 1.807) is 6.21 Å². The Labute approximate surface area is 135 Å². The van der Waals surface area contributed by atoms with Gasteiger partial charge in [-0.1, -0.05) is 20.8 Å². The zero-order chi connectivity index (χ0) is 13.9. The summed E-state index contributed by atoms with van der Waals surface area (Å²) in [5.41, 5.74) is 0.588. The second-order valence-electron chi connectivity index (χ2n) is 5.17. The van der Waals surface area contributed by atoms with Crippen molar-refractivity contribution in [1.29, 1.82) is 0 Å². The third-order valence-corrected chi connectivity index (χ3v) is 4.07. The maximum Gasteiger partial charge on any atom is 0.137 e. The fourth-order valence-electron chi connectivity index (χ4n) is 1.40. The van der Waals surface area contributed by atoms with Crippen molar-refractivity contribution >= 4 is 51.4 Å². The van der Waals surface area contributed by atoms with Crippen molar-refractivity contribution in [3.63, 3.8) is 0 Å². The first-order valence-electron chi connectivity index (χ1n) is 5.57. The Morgan fingerprint density at radius 2 is 1.94 bits per heavy atom. The molecule has 0 fully saturated rings. The molecule has 0 aromatic heterocycles. The summed E-state index contributed by atoms with van der Waals surface area (Å²) >= 11 is 4.30. The average molecular weight is 473 g/mol. The summed E-state index contributed by atoms with van der Waals surface area (Å²) in [5, 5.41) is 19.3. The minimum Gasteiger partial charge on any atom is -0.506 e.